The Morgan fingerprint density at radius 3 is 2.50 bits per heavy atom. The summed E-state index contributed by atoms with van der Waals surface area (Å²) in [4.78, 5) is 24.3. The predicted molar refractivity (Wildman–Crippen MR) is 59.1 cm³/mol. The number of nitrogens with zero attached hydrogens (tertiary/aromatic N) is 1. The van der Waals surface area contributed by atoms with Crippen molar-refractivity contribution in [2.45, 2.75) is 19.4 Å². The minimum atomic E-state index is -0.903. The maximum Gasteiger partial charge on any atom is 0.309 e. The van der Waals surface area contributed by atoms with E-state index in [4.69, 9.17) is 5.11 Å². The van der Waals surface area contributed by atoms with Crippen LogP contribution in [0.5, 0.6) is 0 Å². The minimum absolute atomic E-state index is 0.0887. The molecule has 2 rings (SSSR count). The van der Waals surface area contributed by atoms with Gasteiger partial charge in [0.15, 0.2) is 0 Å². The lowest BCUT2D eigenvalue weighted by atomic mass is 10.0. The third kappa shape index (κ3) is 1.66. The van der Waals surface area contributed by atoms with Crippen molar-refractivity contribution in [1.29, 1.82) is 0 Å². The van der Waals surface area contributed by atoms with Gasteiger partial charge in [0.05, 0.1) is 5.92 Å². The highest BCUT2D eigenvalue weighted by Crippen LogP contribution is 2.30. The summed E-state index contributed by atoms with van der Waals surface area (Å²) in [5, 5.41) is 8.99. The van der Waals surface area contributed by atoms with Gasteiger partial charge in [-0.15, -0.1) is 0 Å². The Morgan fingerprint density at radius 2 is 2.00 bits per heavy atom. The second-order valence-electron chi connectivity index (χ2n) is 3.99. The van der Waals surface area contributed by atoms with E-state index in [2.05, 4.69) is 0 Å². The fourth-order valence-electron chi connectivity index (χ4n) is 2.13. The molecule has 1 aromatic rings. The molecular formula is C12H13NO3. The normalized spacial score (nSPS) is 24.8. The first-order valence-corrected chi connectivity index (χ1v) is 5.21. The molecule has 0 aromatic heterocycles. The van der Waals surface area contributed by atoms with Gasteiger partial charge in [0.2, 0.25) is 5.91 Å². The highest BCUT2D eigenvalue weighted by Gasteiger charge is 2.41. The molecule has 1 aromatic carbocycles. The monoisotopic (exact) mass is 219 g/mol. The maximum atomic E-state index is 11.8. The van der Waals surface area contributed by atoms with E-state index in [0.29, 0.717) is 0 Å². The van der Waals surface area contributed by atoms with Crippen LogP contribution in [-0.4, -0.2) is 23.0 Å². The van der Waals surface area contributed by atoms with Gasteiger partial charge in [0.25, 0.3) is 0 Å². The fraction of sp³-hybridized carbons (Fsp3) is 0.333. The van der Waals surface area contributed by atoms with Gasteiger partial charge in [-0.25, -0.2) is 0 Å². The molecule has 4 nitrogen and oxygen atoms in total. The summed E-state index contributed by atoms with van der Waals surface area (Å²) in [6.07, 6.45) is 0.0887. The van der Waals surface area contributed by atoms with E-state index < -0.39 is 11.9 Å². The molecule has 84 valence electrons. The summed E-state index contributed by atoms with van der Waals surface area (Å²) >= 11 is 0. The molecule has 0 aliphatic carbocycles. The van der Waals surface area contributed by atoms with Crippen LogP contribution < -0.4 is 4.90 Å². The second-order valence-corrected chi connectivity index (χ2v) is 3.99. The Balaban J connectivity index is 2.30. The van der Waals surface area contributed by atoms with Crippen LogP contribution in [0.2, 0.25) is 0 Å². The van der Waals surface area contributed by atoms with Crippen molar-refractivity contribution >= 4 is 17.6 Å². The molecule has 2 atom stereocenters. The van der Waals surface area contributed by atoms with E-state index in [9.17, 15) is 9.59 Å². The Labute approximate surface area is 93.5 Å². The molecule has 1 saturated heterocycles. The van der Waals surface area contributed by atoms with E-state index in [1.807, 2.05) is 30.3 Å². The van der Waals surface area contributed by atoms with Gasteiger partial charge in [-0.2, -0.15) is 0 Å². The number of para-hydroxylation sites is 1. The van der Waals surface area contributed by atoms with Crippen LogP contribution in [0.25, 0.3) is 0 Å². The highest BCUT2D eigenvalue weighted by molar-refractivity contribution is 6.00. The van der Waals surface area contributed by atoms with E-state index >= 15 is 0 Å². The Morgan fingerprint density at radius 1 is 1.38 bits per heavy atom. The van der Waals surface area contributed by atoms with Crippen molar-refractivity contribution in [3.8, 4) is 0 Å². The summed E-state index contributed by atoms with van der Waals surface area (Å²) < 4.78 is 0. The Kier molecular flexibility index (Phi) is 2.64. The number of rotatable bonds is 2. The molecule has 1 heterocycles. The van der Waals surface area contributed by atoms with Crippen molar-refractivity contribution in [2.75, 3.05) is 4.90 Å². The highest BCUT2D eigenvalue weighted by atomic mass is 16.4. The number of carboxylic acid groups (broad SMARTS) is 1. The van der Waals surface area contributed by atoms with Crippen molar-refractivity contribution in [2.24, 2.45) is 5.92 Å². The van der Waals surface area contributed by atoms with E-state index in [1.54, 1.807) is 11.8 Å². The van der Waals surface area contributed by atoms with Crippen molar-refractivity contribution in [1.82, 2.24) is 0 Å². The van der Waals surface area contributed by atoms with Gasteiger partial charge in [0.1, 0.15) is 0 Å². The zero-order chi connectivity index (χ0) is 11.7. The average Bonchev–Trinajstić information content (AvgIpc) is 2.56. The smallest absolute Gasteiger partial charge is 0.309 e. The molecule has 0 radical (unpaired) electrons. The van der Waals surface area contributed by atoms with Gasteiger partial charge < -0.3 is 10.0 Å². The Bertz CT molecular complexity index is 416. The number of carbonyl (C=O) groups is 2. The molecule has 1 N–H and O–H groups in total. The molecule has 1 fully saturated rings. The minimum Gasteiger partial charge on any atom is -0.481 e. The third-order valence-corrected chi connectivity index (χ3v) is 3.00. The van der Waals surface area contributed by atoms with Gasteiger partial charge in [-0.05, 0) is 19.1 Å². The lowest BCUT2D eigenvalue weighted by molar-refractivity contribution is -0.142. The summed E-state index contributed by atoms with van der Waals surface area (Å²) in [6, 6.07) is 8.89. The number of anilines is 1. The van der Waals surface area contributed by atoms with Gasteiger partial charge in [-0.3, -0.25) is 9.59 Å². The zero-order valence-corrected chi connectivity index (χ0v) is 8.96. The first-order chi connectivity index (χ1) is 7.61. The average molecular weight is 219 g/mol. The van der Waals surface area contributed by atoms with E-state index in [0.717, 1.165) is 5.69 Å². The van der Waals surface area contributed by atoms with Crippen molar-refractivity contribution < 1.29 is 14.7 Å². The number of benzene rings is 1. The first-order valence-electron chi connectivity index (χ1n) is 5.21. The molecule has 1 aliphatic heterocycles. The second kappa shape index (κ2) is 3.96. The lowest BCUT2D eigenvalue weighted by Gasteiger charge is -2.23. The van der Waals surface area contributed by atoms with Crippen molar-refractivity contribution in [3.63, 3.8) is 0 Å². The number of carboxylic acids is 1. The van der Waals surface area contributed by atoms with Gasteiger partial charge in [0, 0.05) is 18.2 Å². The standard InChI is InChI=1S/C12H13NO3/c1-8-10(12(15)16)7-11(14)13(8)9-5-3-2-4-6-9/h2-6,8,10H,7H2,1H3,(H,15,16)/t8-,10+/m1/s1. The topological polar surface area (TPSA) is 57.6 Å². The lowest BCUT2D eigenvalue weighted by Crippen LogP contribution is -2.34. The van der Waals surface area contributed by atoms with Crippen LogP contribution in [0.4, 0.5) is 5.69 Å². The molecule has 0 spiro atoms. The molecule has 0 bridgehead atoms. The van der Waals surface area contributed by atoms with Crippen LogP contribution in [0, 0.1) is 5.92 Å². The van der Waals surface area contributed by atoms with Crippen molar-refractivity contribution in [3.05, 3.63) is 30.3 Å². The molecular weight excluding hydrogens is 206 g/mol. The number of aliphatic carboxylic acids is 1. The SMILES string of the molecule is C[C@@H]1[C@@H](C(=O)O)CC(=O)N1c1ccccc1. The fourth-order valence-corrected chi connectivity index (χ4v) is 2.13. The van der Waals surface area contributed by atoms with Gasteiger partial charge >= 0.3 is 5.97 Å². The summed E-state index contributed by atoms with van der Waals surface area (Å²) in [5.41, 5.74) is 0.767. The largest absolute Gasteiger partial charge is 0.481 e. The van der Waals surface area contributed by atoms with Crippen LogP contribution in [0.3, 0.4) is 0 Å². The van der Waals surface area contributed by atoms with Crippen LogP contribution in [0.15, 0.2) is 30.3 Å². The molecule has 1 aliphatic rings. The molecule has 16 heavy (non-hydrogen) atoms. The predicted octanol–water partition coefficient (Wildman–Crippen LogP) is 1.51. The van der Waals surface area contributed by atoms with E-state index in [-0.39, 0.29) is 18.4 Å². The van der Waals surface area contributed by atoms with E-state index in [1.165, 1.54) is 0 Å². The van der Waals surface area contributed by atoms with Crippen LogP contribution >= 0.6 is 0 Å². The van der Waals surface area contributed by atoms with Gasteiger partial charge in [-0.1, -0.05) is 18.2 Å². The summed E-state index contributed by atoms with van der Waals surface area (Å²) in [6.45, 7) is 1.77. The zero-order valence-electron chi connectivity index (χ0n) is 8.96. The first kappa shape index (κ1) is 10.7. The van der Waals surface area contributed by atoms with Crippen LogP contribution in [0.1, 0.15) is 13.3 Å². The molecule has 0 unspecified atom stereocenters. The Hall–Kier alpha value is -1.84. The third-order valence-electron chi connectivity index (χ3n) is 3.00. The molecule has 1 amide bonds. The maximum absolute atomic E-state index is 11.8. The number of carbonyl (C=O) groups excluding carboxylic acids is 1. The quantitative estimate of drug-likeness (QED) is 0.820. The number of amides is 1. The summed E-state index contributed by atoms with van der Waals surface area (Å²) in [7, 11) is 0. The number of hydrogen-bond donors (Lipinski definition) is 1. The summed E-state index contributed by atoms with van der Waals surface area (Å²) in [5.74, 6) is -1.63. The van der Waals surface area contributed by atoms with Crippen LogP contribution in [-0.2, 0) is 9.59 Å². The molecule has 4 heteroatoms. The number of hydrogen-bond acceptors (Lipinski definition) is 2. The molecule has 0 saturated carbocycles.